The largest absolute Gasteiger partial charge is 0.385 e. The van der Waals surface area contributed by atoms with Crippen molar-refractivity contribution in [3.63, 3.8) is 0 Å². The molecule has 3 heterocycles. The van der Waals surface area contributed by atoms with E-state index in [1.54, 1.807) is 6.20 Å². The molecule has 0 saturated carbocycles. The topological polar surface area (TPSA) is 109 Å². The van der Waals surface area contributed by atoms with Crippen LogP contribution in [-0.4, -0.2) is 39.9 Å². The number of carbonyl (C=O) groups is 1. The van der Waals surface area contributed by atoms with Crippen LogP contribution in [-0.2, 0) is 0 Å². The second-order valence-electron chi connectivity index (χ2n) is 7.93. The highest BCUT2D eigenvalue weighted by Gasteiger charge is 2.23. The van der Waals surface area contributed by atoms with Gasteiger partial charge in [0.2, 0.25) is 0 Å². The van der Waals surface area contributed by atoms with Crippen molar-refractivity contribution in [2.75, 3.05) is 29.9 Å². The smallest absolute Gasteiger partial charge is 0.271 e. The fourth-order valence-electron chi connectivity index (χ4n) is 3.79. The number of carbonyl (C=O) groups excluding carboxylic acids is 1. The number of hydrogen-bond acceptors (Lipinski definition) is 8. The van der Waals surface area contributed by atoms with Crippen LogP contribution in [0.15, 0.2) is 49.2 Å². The fourth-order valence-corrected chi connectivity index (χ4v) is 4.45. The monoisotopic (exact) mass is 479 g/mol. The summed E-state index contributed by atoms with van der Waals surface area (Å²) in [6.07, 6.45) is 3.81. The zero-order valence-corrected chi connectivity index (χ0v) is 20.9. The minimum atomic E-state index is -0.618. The minimum absolute atomic E-state index is 0.120. The molecule has 4 rings (SSSR count). The molecule has 1 saturated heterocycles. The molecular weight excluding hydrogens is 446 g/mol. The number of anilines is 3. The number of aromatic nitrogens is 3. The second kappa shape index (κ2) is 12.1. The first kappa shape index (κ1) is 25.2. The quantitative estimate of drug-likeness (QED) is 0.434. The van der Waals surface area contributed by atoms with Crippen molar-refractivity contribution < 1.29 is 4.79 Å². The highest BCUT2D eigenvalue weighted by atomic mass is 32.1. The van der Waals surface area contributed by atoms with Crippen LogP contribution >= 0.6 is 11.5 Å². The number of piperidine rings is 1. The average molecular weight is 480 g/mol. The van der Waals surface area contributed by atoms with Crippen LogP contribution in [0, 0.1) is 12.8 Å². The van der Waals surface area contributed by atoms with Gasteiger partial charge in [-0.3, -0.25) is 4.79 Å². The van der Waals surface area contributed by atoms with Crippen LogP contribution in [0.1, 0.15) is 48.4 Å². The first-order valence-electron chi connectivity index (χ1n) is 11.6. The molecule has 1 amide bonds. The van der Waals surface area contributed by atoms with Gasteiger partial charge in [0.05, 0.1) is 11.9 Å². The van der Waals surface area contributed by atoms with Crippen LogP contribution in [0.4, 0.5) is 16.6 Å². The van der Waals surface area contributed by atoms with Gasteiger partial charge in [0.25, 0.3) is 5.91 Å². The summed E-state index contributed by atoms with van der Waals surface area (Å²) in [6.45, 7) is 12.6. The average Bonchev–Trinajstić information content (AvgIpc) is 3.28. The van der Waals surface area contributed by atoms with Crippen LogP contribution in [0.5, 0.6) is 0 Å². The molecule has 1 unspecified atom stereocenters. The summed E-state index contributed by atoms with van der Waals surface area (Å²) in [4.78, 5) is 23.1. The van der Waals surface area contributed by atoms with E-state index in [4.69, 9.17) is 10.7 Å². The molecule has 1 atom stereocenters. The Morgan fingerprint density at radius 3 is 2.74 bits per heavy atom. The molecule has 1 aliphatic rings. The summed E-state index contributed by atoms with van der Waals surface area (Å²) < 4.78 is 4.26. The van der Waals surface area contributed by atoms with Crippen molar-refractivity contribution in [3.8, 4) is 0 Å². The van der Waals surface area contributed by atoms with Gasteiger partial charge >= 0.3 is 0 Å². The summed E-state index contributed by atoms with van der Waals surface area (Å²) in [5.41, 5.74) is 8.56. The summed E-state index contributed by atoms with van der Waals surface area (Å²) in [7, 11) is 0. The van der Waals surface area contributed by atoms with Gasteiger partial charge in [-0.1, -0.05) is 50.8 Å². The summed E-state index contributed by atoms with van der Waals surface area (Å²) in [5.74, 6) is 0.914. The van der Waals surface area contributed by atoms with E-state index in [0.29, 0.717) is 11.7 Å². The summed E-state index contributed by atoms with van der Waals surface area (Å²) in [6, 6.07) is 12.0. The Balaban J connectivity index is 0.00000158. The van der Waals surface area contributed by atoms with Gasteiger partial charge in [-0.25, -0.2) is 9.97 Å². The highest BCUT2D eigenvalue weighted by Crippen LogP contribution is 2.26. The van der Waals surface area contributed by atoms with Gasteiger partial charge in [-0.2, -0.15) is 4.37 Å². The second-order valence-corrected chi connectivity index (χ2v) is 8.73. The van der Waals surface area contributed by atoms with Gasteiger partial charge in [-0.05, 0) is 48.8 Å². The number of amides is 1. The molecular formula is C25H33N7OS. The van der Waals surface area contributed by atoms with Crippen LogP contribution in [0.25, 0.3) is 5.70 Å². The molecule has 0 aliphatic carbocycles. The molecule has 4 N–H and O–H groups in total. The molecule has 8 nitrogen and oxygen atoms in total. The van der Waals surface area contributed by atoms with Crippen molar-refractivity contribution in [1.82, 2.24) is 19.7 Å². The number of hydrogen-bond donors (Lipinski definition) is 3. The Morgan fingerprint density at radius 1 is 1.29 bits per heavy atom. The first-order chi connectivity index (χ1) is 16.5. The number of nitrogens with one attached hydrogen (secondary N) is 2. The Labute approximate surface area is 205 Å². The van der Waals surface area contributed by atoms with Crippen LogP contribution < -0.4 is 21.3 Å². The Hall–Kier alpha value is -3.46. The molecule has 9 heteroatoms. The Kier molecular flexibility index (Phi) is 8.98. The van der Waals surface area contributed by atoms with E-state index >= 15 is 0 Å². The van der Waals surface area contributed by atoms with E-state index in [2.05, 4.69) is 43.6 Å². The molecule has 2 aromatic heterocycles. The maximum absolute atomic E-state index is 11.9. The molecule has 180 valence electrons. The van der Waals surface area contributed by atoms with E-state index in [0.717, 1.165) is 60.2 Å². The first-order valence-corrected chi connectivity index (χ1v) is 12.4. The fraction of sp³-hybridized carbons (Fsp3) is 0.360. The van der Waals surface area contributed by atoms with Crippen molar-refractivity contribution in [3.05, 3.63) is 66.1 Å². The maximum atomic E-state index is 11.9. The van der Waals surface area contributed by atoms with Crippen LogP contribution in [0.2, 0.25) is 0 Å². The van der Waals surface area contributed by atoms with Crippen molar-refractivity contribution in [2.45, 2.75) is 33.6 Å². The molecule has 0 spiro atoms. The number of nitrogens with zero attached hydrogens (tertiary/aromatic N) is 4. The van der Waals surface area contributed by atoms with Gasteiger partial charge in [0.1, 0.15) is 10.8 Å². The summed E-state index contributed by atoms with van der Waals surface area (Å²) in [5, 5.41) is 7.42. The lowest BCUT2D eigenvalue weighted by atomic mass is 9.97. The lowest BCUT2D eigenvalue weighted by Gasteiger charge is -2.34. The van der Waals surface area contributed by atoms with Gasteiger partial charge in [0, 0.05) is 25.3 Å². The lowest BCUT2D eigenvalue weighted by molar-refractivity contribution is 0.0996. The number of aryl methyl sites for hydroxylation is 1. The molecule has 34 heavy (non-hydrogen) atoms. The van der Waals surface area contributed by atoms with E-state index in [1.165, 1.54) is 11.5 Å². The molecule has 1 aromatic carbocycles. The summed E-state index contributed by atoms with van der Waals surface area (Å²) >= 11 is 1.30. The number of rotatable bonds is 8. The molecule has 1 aliphatic heterocycles. The van der Waals surface area contributed by atoms with Gasteiger partial charge < -0.3 is 21.3 Å². The Bertz CT molecular complexity index is 1100. The predicted molar refractivity (Wildman–Crippen MR) is 140 cm³/mol. The molecule has 1 fully saturated rings. The zero-order valence-electron chi connectivity index (χ0n) is 20.0. The van der Waals surface area contributed by atoms with E-state index in [9.17, 15) is 4.79 Å². The van der Waals surface area contributed by atoms with Crippen molar-refractivity contribution >= 4 is 39.8 Å². The third-order valence-electron chi connectivity index (χ3n) is 5.43. The van der Waals surface area contributed by atoms with Crippen LogP contribution in [0.3, 0.4) is 0 Å². The van der Waals surface area contributed by atoms with E-state index in [1.807, 2.05) is 45.0 Å². The van der Waals surface area contributed by atoms with E-state index in [-0.39, 0.29) is 5.69 Å². The SMILES string of the molecule is C=C(NCC1CCCN(c2cnc(C(N)=O)c(Nc3cc(C)ns3)n2)C1)c1ccccc1.CC. The number of primary amides is 1. The van der Waals surface area contributed by atoms with Gasteiger partial charge in [0.15, 0.2) is 11.5 Å². The Morgan fingerprint density at radius 2 is 2.06 bits per heavy atom. The van der Waals surface area contributed by atoms with Crippen molar-refractivity contribution in [2.24, 2.45) is 11.7 Å². The molecule has 0 radical (unpaired) electrons. The number of nitrogens with two attached hydrogens (primary N) is 1. The lowest BCUT2D eigenvalue weighted by Crippen LogP contribution is -2.40. The normalized spacial score (nSPS) is 15.1. The standard InChI is InChI=1S/C23H27N7OS.C2H6/c1-15-11-20(32-29-15)28-23-21(22(24)31)26-13-19(27-23)30-10-6-7-17(14-30)12-25-16(2)18-8-4-3-5-9-18;1-2/h3-5,8-9,11,13,17,25H,2,6-7,10,12,14H2,1H3,(H2,24,31)(H,27,28);1-2H3. The van der Waals surface area contributed by atoms with E-state index < -0.39 is 5.91 Å². The maximum Gasteiger partial charge on any atom is 0.271 e. The minimum Gasteiger partial charge on any atom is -0.385 e. The molecule has 0 bridgehead atoms. The zero-order chi connectivity index (χ0) is 24.5. The van der Waals surface area contributed by atoms with Gasteiger partial charge in [-0.15, -0.1) is 0 Å². The highest BCUT2D eigenvalue weighted by molar-refractivity contribution is 7.10. The van der Waals surface area contributed by atoms with Crippen molar-refractivity contribution in [1.29, 1.82) is 0 Å². The third-order valence-corrected chi connectivity index (χ3v) is 6.23. The molecule has 3 aromatic rings. The predicted octanol–water partition coefficient (Wildman–Crippen LogP) is 4.59. The number of benzene rings is 1. The third kappa shape index (κ3) is 6.54.